The van der Waals surface area contributed by atoms with Gasteiger partial charge in [0.25, 0.3) is 5.56 Å². The standard InChI is InChI=1S/C22H19FN2O2S2/c1-4-17-19(18-6-5-9-28-18)20-21(29-17)24-13(3)25(22(20)27)11-16(26)14-7-8-15(23)12(2)10-14/h5-10H,4,11H2,1-3H3. The molecule has 0 saturated heterocycles. The molecule has 4 aromatic rings. The molecule has 148 valence electrons. The van der Waals surface area contributed by atoms with E-state index < -0.39 is 0 Å². The Morgan fingerprint density at radius 2 is 2.03 bits per heavy atom. The van der Waals surface area contributed by atoms with Gasteiger partial charge in [-0.1, -0.05) is 13.0 Å². The highest BCUT2D eigenvalue weighted by molar-refractivity contribution is 7.20. The van der Waals surface area contributed by atoms with Crippen molar-refractivity contribution >= 4 is 38.7 Å². The van der Waals surface area contributed by atoms with Crippen LogP contribution in [0.2, 0.25) is 0 Å². The molecule has 0 fully saturated rings. The summed E-state index contributed by atoms with van der Waals surface area (Å²) in [6.07, 6.45) is 0.806. The number of hydrogen-bond acceptors (Lipinski definition) is 5. The van der Waals surface area contributed by atoms with Crippen molar-refractivity contribution in [3.05, 3.63) is 73.7 Å². The summed E-state index contributed by atoms with van der Waals surface area (Å²) in [6, 6.07) is 8.21. The number of carbonyl (C=O) groups excluding carboxylic acids is 1. The number of rotatable bonds is 5. The average molecular weight is 427 g/mol. The van der Waals surface area contributed by atoms with Crippen molar-refractivity contribution in [1.82, 2.24) is 9.55 Å². The van der Waals surface area contributed by atoms with Crippen LogP contribution in [-0.2, 0) is 13.0 Å². The van der Waals surface area contributed by atoms with E-state index in [9.17, 15) is 14.0 Å². The van der Waals surface area contributed by atoms with Crippen molar-refractivity contribution in [2.75, 3.05) is 0 Å². The van der Waals surface area contributed by atoms with Crippen LogP contribution in [0.4, 0.5) is 4.39 Å². The fraction of sp³-hybridized carbons (Fsp3) is 0.227. The van der Waals surface area contributed by atoms with Crippen molar-refractivity contribution in [2.45, 2.75) is 33.7 Å². The molecule has 7 heteroatoms. The highest BCUT2D eigenvalue weighted by Crippen LogP contribution is 2.38. The predicted octanol–water partition coefficient (Wildman–Crippen LogP) is 5.39. The minimum Gasteiger partial charge on any atom is -0.292 e. The zero-order valence-corrected chi connectivity index (χ0v) is 17.9. The van der Waals surface area contributed by atoms with Gasteiger partial charge in [-0.3, -0.25) is 14.2 Å². The number of ketones is 1. The number of hydrogen-bond donors (Lipinski definition) is 0. The van der Waals surface area contributed by atoms with Crippen LogP contribution in [0.25, 0.3) is 20.7 Å². The molecule has 0 aliphatic rings. The Bertz CT molecular complexity index is 1290. The summed E-state index contributed by atoms with van der Waals surface area (Å²) in [4.78, 5) is 33.7. The number of benzene rings is 1. The molecule has 0 spiro atoms. The van der Waals surface area contributed by atoms with E-state index in [2.05, 4.69) is 11.9 Å². The number of nitrogens with zero attached hydrogens (tertiary/aromatic N) is 2. The van der Waals surface area contributed by atoms with Crippen molar-refractivity contribution in [2.24, 2.45) is 0 Å². The molecule has 0 saturated carbocycles. The van der Waals surface area contributed by atoms with Gasteiger partial charge in [-0.05, 0) is 55.5 Å². The third kappa shape index (κ3) is 3.45. The van der Waals surface area contributed by atoms with E-state index >= 15 is 0 Å². The van der Waals surface area contributed by atoms with Gasteiger partial charge in [-0.25, -0.2) is 9.37 Å². The van der Waals surface area contributed by atoms with E-state index in [0.29, 0.717) is 27.2 Å². The maximum Gasteiger partial charge on any atom is 0.263 e. The molecule has 4 rings (SSSR count). The molecule has 29 heavy (non-hydrogen) atoms. The summed E-state index contributed by atoms with van der Waals surface area (Å²) in [5, 5.41) is 2.56. The number of thiophene rings is 2. The summed E-state index contributed by atoms with van der Waals surface area (Å²) < 4.78 is 15.0. The lowest BCUT2D eigenvalue weighted by Gasteiger charge is -2.10. The first kappa shape index (κ1) is 19.7. The first-order chi connectivity index (χ1) is 13.9. The lowest BCUT2D eigenvalue weighted by molar-refractivity contribution is 0.0969. The van der Waals surface area contributed by atoms with Gasteiger partial charge in [0.15, 0.2) is 5.78 Å². The first-order valence-corrected chi connectivity index (χ1v) is 11.0. The molecule has 0 atom stereocenters. The second-order valence-corrected chi connectivity index (χ2v) is 8.88. The molecule has 0 N–H and O–H groups in total. The molecule has 4 nitrogen and oxygen atoms in total. The fourth-order valence-corrected chi connectivity index (χ4v) is 5.43. The Balaban J connectivity index is 1.85. The lowest BCUT2D eigenvalue weighted by atomic mass is 10.1. The van der Waals surface area contributed by atoms with Crippen molar-refractivity contribution in [3.8, 4) is 10.4 Å². The summed E-state index contributed by atoms with van der Waals surface area (Å²) in [6.45, 7) is 5.29. The molecule has 0 bridgehead atoms. The van der Waals surface area contributed by atoms with Crippen molar-refractivity contribution < 1.29 is 9.18 Å². The average Bonchev–Trinajstić information content (AvgIpc) is 3.34. The van der Waals surface area contributed by atoms with E-state index in [1.165, 1.54) is 34.1 Å². The predicted molar refractivity (Wildman–Crippen MR) is 117 cm³/mol. The van der Waals surface area contributed by atoms with Crippen LogP contribution in [0.5, 0.6) is 0 Å². The topological polar surface area (TPSA) is 52.0 Å². The van der Waals surface area contributed by atoms with E-state index in [1.807, 2.05) is 17.5 Å². The summed E-state index contributed by atoms with van der Waals surface area (Å²) in [5.41, 5.74) is 1.50. The Morgan fingerprint density at radius 3 is 2.69 bits per heavy atom. The second kappa shape index (κ2) is 7.65. The molecule has 0 aliphatic heterocycles. The molecule has 0 unspecified atom stereocenters. The molecule has 3 aromatic heterocycles. The van der Waals surface area contributed by atoms with Crippen molar-refractivity contribution in [3.63, 3.8) is 0 Å². The van der Waals surface area contributed by atoms with Gasteiger partial charge in [0.05, 0.1) is 11.9 Å². The largest absolute Gasteiger partial charge is 0.292 e. The Labute approximate surface area is 175 Å². The van der Waals surface area contributed by atoms with Crippen LogP contribution in [0.1, 0.15) is 33.5 Å². The third-order valence-corrected chi connectivity index (χ3v) is 7.06. The van der Waals surface area contributed by atoms with Crippen LogP contribution in [-0.4, -0.2) is 15.3 Å². The van der Waals surface area contributed by atoms with E-state index in [1.54, 1.807) is 25.2 Å². The summed E-state index contributed by atoms with van der Waals surface area (Å²) >= 11 is 3.12. The number of aromatic nitrogens is 2. The van der Waals surface area contributed by atoms with Crippen LogP contribution in [0, 0.1) is 19.7 Å². The van der Waals surface area contributed by atoms with Gasteiger partial charge in [-0.15, -0.1) is 22.7 Å². The fourth-order valence-electron chi connectivity index (χ4n) is 3.40. The Hall–Kier alpha value is -2.64. The van der Waals surface area contributed by atoms with Crippen LogP contribution in [0.15, 0.2) is 40.5 Å². The van der Waals surface area contributed by atoms with Gasteiger partial charge in [0.1, 0.15) is 16.5 Å². The van der Waals surface area contributed by atoms with Gasteiger partial charge in [0.2, 0.25) is 0 Å². The normalized spacial score (nSPS) is 11.3. The minimum atomic E-state index is -0.357. The smallest absolute Gasteiger partial charge is 0.263 e. The number of halogens is 1. The first-order valence-electron chi connectivity index (χ1n) is 9.26. The number of Topliss-reactive ketones (excluding diaryl/α,β-unsaturated/α-hetero) is 1. The van der Waals surface area contributed by atoms with E-state index in [0.717, 1.165) is 21.7 Å². The van der Waals surface area contributed by atoms with Crippen LogP contribution >= 0.6 is 22.7 Å². The summed E-state index contributed by atoms with van der Waals surface area (Å²) in [5.74, 6) is -0.108. The second-order valence-electron chi connectivity index (χ2n) is 6.85. The molecule has 0 radical (unpaired) electrons. The maximum absolute atomic E-state index is 13.5. The van der Waals surface area contributed by atoms with Gasteiger partial charge < -0.3 is 0 Å². The zero-order chi connectivity index (χ0) is 20.7. The van der Waals surface area contributed by atoms with Gasteiger partial charge >= 0.3 is 0 Å². The van der Waals surface area contributed by atoms with E-state index in [4.69, 9.17) is 0 Å². The molecule has 3 heterocycles. The quantitative estimate of drug-likeness (QED) is 0.402. The monoisotopic (exact) mass is 426 g/mol. The highest BCUT2D eigenvalue weighted by atomic mass is 32.1. The summed E-state index contributed by atoms with van der Waals surface area (Å²) in [7, 11) is 0. The van der Waals surface area contributed by atoms with Gasteiger partial charge in [0, 0.05) is 20.9 Å². The maximum atomic E-state index is 13.5. The van der Waals surface area contributed by atoms with Crippen LogP contribution < -0.4 is 5.56 Å². The van der Waals surface area contributed by atoms with Crippen molar-refractivity contribution in [1.29, 1.82) is 0 Å². The SMILES string of the molecule is CCc1sc2nc(C)n(CC(=O)c3ccc(F)c(C)c3)c(=O)c2c1-c1cccs1. The third-order valence-electron chi connectivity index (χ3n) is 4.95. The zero-order valence-electron chi connectivity index (χ0n) is 16.3. The molecular weight excluding hydrogens is 407 g/mol. The lowest BCUT2D eigenvalue weighted by Crippen LogP contribution is -2.27. The minimum absolute atomic E-state index is 0.125. The Morgan fingerprint density at radius 1 is 1.24 bits per heavy atom. The number of carbonyl (C=O) groups is 1. The highest BCUT2D eigenvalue weighted by Gasteiger charge is 2.21. The Kier molecular flexibility index (Phi) is 5.19. The van der Waals surface area contributed by atoms with E-state index in [-0.39, 0.29) is 23.7 Å². The molecule has 0 aliphatic carbocycles. The molecule has 1 aromatic carbocycles. The molecular formula is C22H19FN2O2S2. The number of fused-ring (bicyclic) bond motifs is 1. The van der Waals surface area contributed by atoms with Gasteiger partial charge in [-0.2, -0.15) is 0 Å². The van der Waals surface area contributed by atoms with Crippen LogP contribution in [0.3, 0.4) is 0 Å². The molecule has 0 amide bonds. The number of aryl methyl sites for hydroxylation is 3.